The van der Waals surface area contributed by atoms with Crippen LogP contribution in [-0.4, -0.2) is 50.1 Å². The van der Waals surface area contributed by atoms with Gasteiger partial charge >= 0.3 is 0 Å². The van der Waals surface area contributed by atoms with E-state index in [0.29, 0.717) is 25.2 Å². The molecule has 182 valence electrons. The summed E-state index contributed by atoms with van der Waals surface area (Å²) in [6, 6.07) is 0. The first kappa shape index (κ1) is 23.3. The maximum Gasteiger partial charge on any atom is 0.143 e. The summed E-state index contributed by atoms with van der Waals surface area (Å²) in [6.45, 7) is 10.9. The molecule has 5 nitrogen and oxygen atoms in total. The molecule has 0 saturated heterocycles. The first-order valence-corrected chi connectivity index (χ1v) is 13.2. The Bertz CT molecular complexity index is 782. The summed E-state index contributed by atoms with van der Waals surface area (Å²) < 4.78 is 0. The Morgan fingerprint density at radius 1 is 0.969 bits per heavy atom. The normalized spacial score (nSPS) is 59.5. The number of ketones is 1. The Labute approximate surface area is 193 Å². The van der Waals surface area contributed by atoms with Crippen LogP contribution in [0.5, 0.6) is 0 Å². The second-order valence-corrected chi connectivity index (χ2v) is 13.5. The van der Waals surface area contributed by atoms with Crippen LogP contribution in [0, 0.1) is 58.2 Å². The summed E-state index contributed by atoms with van der Waals surface area (Å²) in [6.07, 6.45) is 3.06. The molecular formula is C27H44O5. The van der Waals surface area contributed by atoms with E-state index in [9.17, 15) is 25.2 Å². The molecule has 4 N–H and O–H groups in total. The predicted molar refractivity (Wildman–Crippen MR) is 121 cm³/mol. The molecule has 0 spiro atoms. The van der Waals surface area contributed by atoms with E-state index in [4.69, 9.17) is 0 Å². The molecule has 5 fully saturated rings. The quantitative estimate of drug-likeness (QED) is 0.520. The Morgan fingerprint density at radius 3 is 2.28 bits per heavy atom. The number of carbonyl (C=O) groups excluding carboxylic acids is 1. The summed E-state index contributed by atoms with van der Waals surface area (Å²) >= 11 is 0. The summed E-state index contributed by atoms with van der Waals surface area (Å²) in [5, 5.41) is 44.7. The molecule has 32 heavy (non-hydrogen) atoms. The summed E-state index contributed by atoms with van der Waals surface area (Å²) in [4.78, 5) is 14.2. The highest BCUT2D eigenvalue weighted by molar-refractivity contribution is 5.89. The van der Waals surface area contributed by atoms with Crippen LogP contribution in [-0.2, 0) is 4.79 Å². The number of rotatable bonds is 2. The summed E-state index contributed by atoms with van der Waals surface area (Å²) in [5.41, 5.74) is -1.35. The minimum atomic E-state index is -0.954. The zero-order valence-corrected chi connectivity index (χ0v) is 20.5. The third kappa shape index (κ3) is 2.86. The SMILES string of the molecule is CC(C)C[C@@]1(O)C[C@@H](C)[C@H]2[C@@H]1C(=O)[C@@H]1C3C(CC[C@]21C)[C@@]1(C)CC[C@@H](O)CC1[C@@H](O)[C@@H]3O. The van der Waals surface area contributed by atoms with Crippen molar-refractivity contribution in [2.24, 2.45) is 58.2 Å². The van der Waals surface area contributed by atoms with E-state index in [0.717, 1.165) is 25.7 Å². The average Bonchev–Trinajstić information content (AvgIpc) is 3.10. The molecule has 13 atom stereocenters. The van der Waals surface area contributed by atoms with E-state index < -0.39 is 23.9 Å². The molecule has 0 radical (unpaired) electrons. The minimum absolute atomic E-state index is 0.125. The zero-order valence-electron chi connectivity index (χ0n) is 20.5. The lowest BCUT2D eigenvalue weighted by atomic mass is 9.43. The first-order valence-electron chi connectivity index (χ1n) is 13.2. The van der Waals surface area contributed by atoms with Gasteiger partial charge in [-0.05, 0) is 85.4 Å². The van der Waals surface area contributed by atoms with Crippen molar-refractivity contribution in [3.05, 3.63) is 0 Å². The molecule has 5 aliphatic rings. The van der Waals surface area contributed by atoms with Gasteiger partial charge in [0.15, 0.2) is 0 Å². The smallest absolute Gasteiger partial charge is 0.143 e. The summed E-state index contributed by atoms with van der Waals surface area (Å²) in [7, 11) is 0. The van der Waals surface area contributed by atoms with Gasteiger partial charge in [0.1, 0.15) is 5.78 Å². The Hall–Kier alpha value is -0.490. The lowest BCUT2D eigenvalue weighted by Gasteiger charge is -2.63. The zero-order chi connectivity index (χ0) is 23.4. The maximum atomic E-state index is 14.2. The van der Waals surface area contributed by atoms with Crippen molar-refractivity contribution < 1.29 is 25.2 Å². The third-order valence-electron chi connectivity index (χ3n) is 11.3. The van der Waals surface area contributed by atoms with E-state index >= 15 is 0 Å². The van der Waals surface area contributed by atoms with Crippen LogP contribution in [0.1, 0.15) is 79.6 Å². The maximum absolute atomic E-state index is 14.2. The highest BCUT2D eigenvalue weighted by atomic mass is 16.3. The molecule has 0 aliphatic heterocycles. The van der Waals surface area contributed by atoms with Crippen LogP contribution in [0.15, 0.2) is 0 Å². The van der Waals surface area contributed by atoms with Gasteiger partial charge in [-0.3, -0.25) is 4.79 Å². The van der Waals surface area contributed by atoms with Crippen molar-refractivity contribution in [1.29, 1.82) is 0 Å². The monoisotopic (exact) mass is 448 g/mol. The first-order chi connectivity index (χ1) is 14.8. The van der Waals surface area contributed by atoms with Crippen LogP contribution in [0.25, 0.3) is 0 Å². The Balaban J connectivity index is 1.56. The number of aliphatic hydroxyl groups is 4. The number of hydrogen-bond donors (Lipinski definition) is 4. The molecule has 0 aromatic rings. The van der Waals surface area contributed by atoms with Crippen LogP contribution < -0.4 is 0 Å². The van der Waals surface area contributed by atoms with Gasteiger partial charge in [0, 0.05) is 11.8 Å². The number of hydrogen-bond acceptors (Lipinski definition) is 5. The van der Waals surface area contributed by atoms with Gasteiger partial charge in [0.25, 0.3) is 0 Å². The Morgan fingerprint density at radius 2 is 1.62 bits per heavy atom. The van der Waals surface area contributed by atoms with E-state index in [1.165, 1.54) is 0 Å². The molecule has 0 amide bonds. The molecular weight excluding hydrogens is 404 g/mol. The van der Waals surface area contributed by atoms with Crippen molar-refractivity contribution >= 4 is 5.78 Å². The lowest BCUT2D eigenvalue weighted by Crippen LogP contribution is -2.65. The van der Waals surface area contributed by atoms with Crippen LogP contribution in [0.4, 0.5) is 0 Å². The molecule has 0 bridgehead atoms. The Kier molecular flexibility index (Phi) is 5.27. The van der Waals surface area contributed by atoms with Crippen molar-refractivity contribution in [2.75, 3.05) is 0 Å². The number of fused-ring (bicyclic) bond motifs is 7. The van der Waals surface area contributed by atoms with Gasteiger partial charge in [-0.1, -0.05) is 34.6 Å². The molecule has 3 unspecified atom stereocenters. The molecule has 5 rings (SSSR count). The van der Waals surface area contributed by atoms with Crippen LogP contribution >= 0.6 is 0 Å². The fraction of sp³-hybridized carbons (Fsp3) is 0.963. The fourth-order valence-corrected chi connectivity index (χ4v) is 10.4. The second-order valence-electron chi connectivity index (χ2n) is 13.5. The van der Waals surface area contributed by atoms with Crippen molar-refractivity contribution in [2.45, 2.75) is 103 Å². The average molecular weight is 449 g/mol. The van der Waals surface area contributed by atoms with Gasteiger partial charge in [-0.2, -0.15) is 0 Å². The van der Waals surface area contributed by atoms with Gasteiger partial charge in [0.2, 0.25) is 0 Å². The third-order valence-corrected chi connectivity index (χ3v) is 11.3. The van der Waals surface area contributed by atoms with Crippen molar-refractivity contribution in [3.63, 3.8) is 0 Å². The predicted octanol–water partition coefficient (Wildman–Crippen LogP) is 3.17. The van der Waals surface area contributed by atoms with Gasteiger partial charge in [-0.25, -0.2) is 0 Å². The van der Waals surface area contributed by atoms with E-state index in [1.807, 2.05) is 0 Å². The van der Waals surface area contributed by atoms with E-state index in [-0.39, 0.29) is 58.0 Å². The minimum Gasteiger partial charge on any atom is -0.393 e. The number of Topliss-reactive ketones (excluding diaryl/α,β-unsaturated/α-hetero) is 1. The van der Waals surface area contributed by atoms with E-state index in [1.54, 1.807) is 0 Å². The summed E-state index contributed by atoms with van der Waals surface area (Å²) in [5.74, 6) is 0.0388. The molecule has 0 aromatic carbocycles. The molecule has 5 aliphatic carbocycles. The van der Waals surface area contributed by atoms with Gasteiger partial charge in [-0.15, -0.1) is 0 Å². The molecule has 0 aromatic heterocycles. The number of carbonyl (C=O) groups is 1. The van der Waals surface area contributed by atoms with Crippen LogP contribution in [0.2, 0.25) is 0 Å². The highest BCUT2D eigenvalue weighted by Gasteiger charge is 2.73. The van der Waals surface area contributed by atoms with Crippen LogP contribution in [0.3, 0.4) is 0 Å². The van der Waals surface area contributed by atoms with Crippen molar-refractivity contribution in [3.8, 4) is 0 Å². The van der Waals surface area contributed by atoms with Gasteiger partial charge in [0.05, 0.1) is 29.8 Å². The number of aliphatic hydroxyl groups excluding tert-OH is 3. The largest absolute Gasteiger partial charge is 0.393 e. The molecule has 5 saturated carbocycles. The molecule has 0 heterocycles. The second kappa shape index (κ2) is 7.26. The van der Waals surface area contributed by atoms with E-state index in [2.05, 4.69) is 34.6 Å². The topological polar surface area (TPSA) is 98.0 Å². The van der Waals surface area contributed by atoms with Gasteiger partial charge < -0.3 is 20.4 Å². The fourth-order valence-electron chi connectivity index (χ4n) is 10.4. The van der Waals surface area contributed by atoms with Crippen molar-refractivity contribution in [1.82, 2.24) is 0 Å². The standard InChI is InChI=1S/C27H44O5/c1-13(2)11-27(32)12-14(3)19-21(27)24(31)20-18-16(7-9-26(19,20)5)25(4)8-6-15(28)10-17(25)22(29)23(18)30/h13-23,28-30,32H,6-12H2,1-5H3/t14-,15-,16?,17?,18?,19+,20+,21-,22-,23-,25-,26-,27-/m1/s1. The lowest BCUT2D eigenvalue weighted by molar-refractivity contribution is -0.221. The molecule has 5 heteroatoms. The highest BCUT2D eigenvalue weighted by Crippen LogP contribution is 2.71.